The van der Waals surface area contributed by atoms with E-state index in [4.69, 9.17) is 10.7 Å². The van der Waals surface area contributed by atoms with Crippen LogP contribution in [0.1, 0.15) is 20.3 Å². The molecular weight excluding hydrogens is 179 g/mol. The molecule has 0 fully saturated rings. The average molecular weight is 189 g/mol. The van der Waals surface area contributed by atoms with Crippen molar-refractivity contribution in [1.82, 2.24) is 0 Å². The fourth-order valence-corrected chi connectivity index (χ4v) is 1.33. The van der Waals surface area contributed by atoms with Crippen LogP contribution < -0.4 is 0 Å². The Morgan fingerprint density at radius 3 is 2.00 bits per heavy atom. The molecule has 0 aliphatic heterocycles. The maximum Gasteiger partial charge on any atom is 0.232 e. The Bertz CT molecular complexity index is 192. The molecule has 10 heavy (non-hydrogen) atoms. The zero-order valence-electron chi connectivity index (χ0n) is 5.89. The highest BCUT2D eigenvalue weighted by Gasteiger charge is 2.18. The van der Waals surface area contributed by atoms with Crippen LogP contribution in [0.25, 0.3) is 0 Å². The first-order valence-electron chi connectivity index (χ1n) is 2.82. The first-order valence-corrected chi connectivity index (χ1v) is 5.30. The first-order chi connectivity index (χ1) is 4.21. The van der Waals surface area contributed by atoms with Crippen molar-refractivity contribution in [2.75, 3.05) is 5.75 Å². The highest BCUT2D eigenvalue weighted by molar-refractivity contribution is 8.13. The van der Waals surface area contributed by atoms with Gasteiger partial charge < -0.3 is 0 Å². The summed E-state index contributed by atoms with van der Waals surface area (Å²) in [5.74, 6) is -0.307. The molecule has 0 rings (SSSR count). The monoisotopic (exact) mass is 188 g/mol. The Labute approximate surface area is 64.8 Å². The molecule has 0 heterocycles. The third-order valence-corrected chi connectivity index (χ3v) is 2.10. The summed E-state index contributed by atoms with van der Waals surface area (Å²) in [7, 11) is 1.32. The molecule has 0 saturated carbocycles. The summed E-state index contributed by atoms with van der Waals surface area (Å²) < 4.78 is 33.1. The molecule has 0 aromatic carbocycles. The van der Waals surface area contributed by atoms with Crippen LogP contribution in [-0.4, -0.2) is 19.8 Å². The van der Waals surface area contributed by atoms with E-state index >= 15 is 0 Å². The number of alkyl halides is 1. The molecule has 0 aromatic rings. The van der Waals surface area contributed by atoms with Gasteiger partial charge >= 0.3 is 0 Å². The quantitative estimate of drug-likeness (QED) is 0.632. The van der Waals surface area contributed by atoms with Crippen molar-refractivity contribution < 1.29 is 12.8 Å². The Kier molecular flexibility index (Phi) is 3.10. The third kappa shape index (κ3) is 8.17. The molecule has 0 aliphatic carbocycles. The number of hydrogen-bond donors (Lipinski definition) is 0. The Balaban J connectivity index is 3.79. The van der Waals surface area contributed by atoms with Gasteiger partial charge in [-0.25, -0.2) is 12.8 Å². The normalized spacial score (nSPS) is 13.6. The minimum Gasteiger partial charge on any atom is -0.244 e. The summed E-state index contributed by atoms with van der Waals surface area (Å²) in [6.07, 6.45) is -0.0567. The molecule has 62 valence electrons. The molecule has 0 saturated heterocycles. The lowest BCUT2D eigenvalue weighted by molar-refractivity contribution is 0.211. The maximum absolute atomic E-state index is 12.6. The Hall–Kier alpha value is 0.170. The summed E-state index contributed by atoms with van der Waals surface area (Å²) in [5, 5.41) is 0. The van der Waals surface area contributed by atoms with Crippen molar-refractivity contribution in [3.63, 3.8) is 0 Å². The third-order valence-electron chi connectivity index (χ3n) is 0.940. The molecule has 0 bridgehead atoms. The molecule has 0 atom stereocenters. The van der Waals surface area contributed by atoms with E-state index in [-0.39, 0.29) is 12.2 Å². The highest BCUT2D eigenvalue weighted by atomic mass is 35.7. The van der Waals surface area contributed by atoms with Gasteiger partial charge in [-0.1, -0.05) is 0 Å². The van der Waals surface area contributed by atoms with Gasteiger partial charge in [0.15, 0.2) is 0 Å². The van der Waals surface area contributed by atoms with E-state index in [2.05, 4.69) is 0 Å². The molecule has 0 aliphatic rings. The predicted octanol–water partition coefficient (Wildman–Crippen LogP) is 1.69. The molecule has 0 N–H and O–H groups in total. The van der Waals surface area contributed by atoms with Gasteiger partial charge in [-0.05, 0) is 20.3 Å². The summed E-state index contributed by atoms with van der Waals surface area (Å²) >= 11 is 0. The Morgan fingerprint density at radius 1 is 1.50 bits per heavy atom. The fraction of sp³-hybridized carbons (Fsp3) is 1.00. The molecule has 5 heteroatoms. The minimum atomic E-state index is -3.53. The van der Waals surface area contributed by atoms with Gasteiger partial charge in [-0.2, -0.15) is 0 Å². The van der Waals surface area contributed by atoms with Crippen LogP contribution >= 0.6 is 10.7 Å². The lowest BCUT2D eigenvalue weighted by Crippen LogP contribution is -2.16. The van der Waals surface area contributed by atoms with Gasteiger partial charge in [-0.15, -0.1) is 0 Å². The van der Waals surface area contributed by atoms with Gasteiger partial charge in [0.25, 0.3) is 0 Å². The van der Waals surface area contributed by atoms with Crippen molar-refractivity contribution in [2.45, 2.75) is 25.9 Å². The summed E-state index contributed by atoms with van der Waals surface area (Å²) in [6.45, 7) is 2.63. The van der Waals surface area contributed by atoms with Gasteiger partial charge in [0.05, 0.1) is 5.75 Å². The number of rotatable bonds is 3. The van der Waals surface area contributed by atoms with Crippen molar-refractivity contribution in [1.29, 1.82) is 0 Å². The van der Waals surface area contributed by atoms with Crippen LogP contribution in [0, 0.1) is 0 Å². The average Bonchev–Trinajstić information content (AvgIpc) is 1.57. The first kappa shape index (κ1) is 10.2. The van der Waals surface area contributed by atoms with E-state index in [1.165, 1.54) is 13.8 Å². The molecular formula is C5H10ClFO2S. The summed E-state index contributed by atoms with van der Waals surface area (Å²) in [6, 6.07) is 0. The fourth-order valence-electron chi connectivity index (χ4n) is 0.365. The number of halogens is 2. The highest BCUT2D eigenvalue weighted by Crippen LogP contribution is 2.15. The molecule has 2 nitrogen and oxygen atoms in total. The molecule has 0 unspecified atom stereocenters. The second-order valence-electron chi connectivity index (χ2n) is 2.71. The summed E-state index contributed by atoms with van der Waals surface area (Å²) in [4.78, 5) is 0. The largest absolute Gasteiger partial charge is 0.244 e. The number of hydrogen-bond acceptors (Lipinski definition) is 2. The summed E-state index contributed by atoms with van der Waals surface area (Å²) in [5.41, 5.74) is -1.46. The van der Waals surface area contributed by atoms with E-state index in [9.17, 15) is 12.8 Å². The van der Waals surface area contributed by atoms with Crippen molar-refractivity contribution >= 4 is 19.7 Å². The molecule has 0 aromatic heterocycles. The zero-order valence-corrected chi connectivity index (χ0v) is 7.47. The maximum atomic E-state index is 12.6. The van der Waals surface area contributed by atoms with Crippen molar-refractivity contribution in [3.05, 3.63) is 0 Å². The van der Waals surface area contributed by atoms with E-state index < -0.39 is 14.7 Å². The molecule has 0 amide bonds. The lowest BCUT2D eigenvalue weighted by Gasteiger charge is -2.11. The standard InChI is InChI=1S/C5H10ClFO2S/c1-5(2,7)3-4-10(6,8)9/h3-4H2,1-2H3. The van der Waals surface area contributed by atoms with Crippen LogP contribution in [0.2, 0.25) is 0 Å². The van der Waals surface area contributed by atoms with Crippen LogP contribution in [0.4, 0.5) is 4.39 Å². The smallest absolute Gasteiger partial charge is 0.232 e. The van der Waals surface area contributed by atoms with Crippen LogP contribution in [-0.2, 0) is 9.05 Å². The van der Waals surface area contributed by atoms with Gasteiger partial charge in [0.1, 0.15) is 5.67 Å². The van der Waals surface area contributed by atoms with Crippen LogP contribution in [0.5, 0.6) is 0 Å². The topological polar surface area (TPSA) is 34.1 Å². The van der Waals surface area contributed by atoms with E-state index in [1.54, 1.807) is 0 Å². The van der Waals surface area contributed by atoms with Gasteiger partial charge in [0.2, 0.25) is 9.05 Å². The SMILES string of the molecule is CC(C)(F)CCS(=O)(=O)Cl. The predicted molar refractivity (Wildman–Crippen MR) is 39.4 cm³/mol. The lowest BCUT2D eigenvalue weighted by atomic mass is 10.1. The van der Waals surface area contributed by atoms with Crippen molar-refractivity contribution in [3.8, 4) is 0 Å². The van der Waals surface area contributed by atoms with E-state index in [0.29, 0.717) is 0 Å². The second kappa shape index (κ2) is 3.05. The Morgan fingerprint density at radius 2 is 1.90 bits per heavy atom. The van der Waals surface area contributed by atoms with Crippen LogP contribution in [0.3, 0.4) is 0 Å². The van der Waals surface area contributed by atoms with Crippen molar-refractivity contribution in [2.24, 2.45) is 0 Å². The molecule has 0 radical (unpaired) electrons. The second-order valence-corrected chi connectivity index (χ2v) is 5.61. The van der Waals surface area contributed by atoms with Crippen LogP contribution in [0.15, 0.2) is 0 Å². The van der Waals surface area contributed by atoms with E-state index in [1.807, 2.05) is 0 Å². The van der Waals surface area contributed by atoms with E-state index in [0.717, 1.165) is 0 Å². The van der Waals surface area contributed by atoms with Gasteiger partial charge in [0, 0.05) is 10.7 Å². The zero-order chi connectivity index (χ0) is 8.41. The van der Waals surface area contributed by atoms with Gasteiger partial charge in [-0.3, -0.25) is 0 Å². The molecule has 0 spiro atoms. The minimum absolute atomic E-state index is 0.0567.